The van der Waals surface area contributed by atoms with Gasteiger partial charge in [0.1, 0.15) is 5.41 Å². The van der Waals surface area contributed by atoms with Crippen molar-refractivity contribution < 1.29 is 14.7 Å². The molecule has 0 fully saturated rings. The van der Waals surface area contributed by atoms with E-state index in [9.17, 15) is 9.59 Å². The van der Waals surface area contributed by atoms with Crippen LogP contribution in [0.4, 0.5) is 0 Å². The maximum Gasteiger partial charge on any atom is 0.318 e. The number of carboxylic acids is 1. The number of rotatable bonds is 2. The van der Waals surface area contributed by atoms with E-state index >= 15 is 0 Å². The van der Waals surface area contributed by atoms with Gasteiger partial charge in [0.25, 0.3) is 0 Å². The summed E-state index contributed by atoms with van der Waals surface area (Å²) in [6, 6.07) is 0. The molecule has 11 heavy (non-hydrogen) atoms. The summed E-state index contributed by atoms with van der Waals surface area (Å²) in [5.74, 6) is -1.50. The van der Waals surface area contributed by atoms with Crippen LogP contribution < -0.4 is 0 Å². The average Bonchev–Trinajstić information content (AvgIpc) is 1.85. The predicted octanol–water partition coefficient (Wildman–Crippen LogP) is 0.185. The zero-order chi connectivity index (χ0) is 9.23. The van der Waals surface area contributed by atoms with Gasteiger partial charge in [-0.3, -0.25) is 9.59 Å². The van der Waals surface area contributed by atoms with Crippen molar-refractivity contribution in [3.05, 3.63) is 0 Å². The molecule has 0 atom stereocenters. The summed E-state index contributed by atoms with van der Waals surface area (Å²) in [5.41, 5.74) is -1.32. The summed E-state index contributed by atoms with van der Waals surface area (Å²) < 4.78 is 0. The van der Waals surface area contributed by atoms with Crippen molar-refractivity contribution in [2.75, 3.05) is 14.1 Å². The van der Waals surface area contributed by atoms with Crippen molar-refractivity contribution in [1.82, 2.24) is 4.90 Å². The molecule has 0 aliphatic carbocycles. The first-order valence-corrected chi connectivity index (χ1v) is 3.25. The molecule has 64 valence electrons. The highest BCUT2D eigenvalue weighted by Gasteiger charge is 2.36. The van der Waals surface area contributed by atoms with Crippen molar-refractivity contribution in [3.63, 3.8) is 0 Å². The monoisotopic (exact) mass is 159 g/mol. The lowest BCUT2D eigenvalue weighted by molar-refractivity contribution is -0.156. The third-order valence-electron chi connectivity index (χ3n) is 1.48. The molecule has 0 heterocycles. The van der Waals surface area contributed by atoms with Crippen LogP contribution in [0.5, 0.6) is 0 Å². The molecule has 0 aromatic carbocycles. The quantitative estimate of drug-likeness (QED) is 0.585. The molecular weight excluding hydrogens is 146 g/mol. The summed E-state index contributed by atoms with van der Waals surface area (Å²) >= 11 is 0. The van der Waals surface area contributed by atoms with Gasteiger partial charge in [0.15, 0.2) is 0 Å². The Labute approximate surface area is 65.8 Å². The Hall–Kier alpha value is -1.06. The van der Waals surface area contributed by atoms with Crippen molar-refractivity contribution in [1.29, 1.82) is 0 Å². The minimum Gasteiger partial charge on any atom is -0.480 e. The number of amides is 1. The summed E-state index contributed by atoms with van der Waals surface area (Å²) in [6.07, 6.45) is 0. The van der Waals surface area contributed by atoms with Gasteiger partial charge in [0.05, 0.1) is 0 Å². The molecule has 0 rings (SSSR count). The third-order valence-corrected chi connectivity index (χ3v) is 1.48. The van der Waals surface area contributed by atoms with E-state index in [-0.39, 0.29) is 0 Å². The van der Waals surface area contributed by atoms with Crippen LogP contribution in [-0.4, -0.2) is 36.0 Å². The highest BCUT2D eigenvalue weighted by Crippen LogP contribution is 2.17. The van der Waals surface area contributed by atoms with E-state index in [0.717, 1.165) is 0 Å². The molecule has 1 N–H and O–H groups in total. The van der Waals surface area contributed by atoms with Crippen LogP contribution in [0.1, 0.15) is 13.8 Å². The first-order chi connectivity index (χ1) is 4.80. The smallest absolute Gasteiger partial charge is 0.318 e. The molecular formula is C7H13NO3. The van der Waals surface area contributed by atoms with Crippen LogP contribution in [0.25, 0.3) is 0 Å². The maximum atomic E-state index is 11.2. The molecule has 4 heteroatoms. The third kappa shape index (κ3) is 1.93. The number of aliphatic carboxylic acids is 1. The summed E-state index contributed by atoms with van der Waals surface area (Å²) in [4.78, 5) is 22.9. The molecule has 0 aromatic rings. The summed E-state index contributed by atoms with van der Waals surface area (Å²) in [7, 11) is 3.07. The highest BCUT2D eigenvalue weighted by atomic mass is 16.4. The van der Waals surface area contributed by atoms with Gasteiger partial charge in [0, 0.05) is 14.1 Å². The SMILES string of the molecule is CN(C)C(=O)C(C)(C)C(=O)O. The van der Waals surface area contributed by atoms with Gasteiger partial charge in [-0.25, -0.2) is 0 Å². The Kier molecular flexibility index (Phi) is 2.62. The topological polar surface area (TPSA) is 57.6 Å². The number of carbonyl (C=O) groups is 2. The van der Waals surface area contributed by atoms with Gasteiger partial charge in [-0.2, -0.15) is 0 Å². The minimum absolute atomic E-state index is 0.398. The van der Waals surface area contributed by atoms with Crippen LogP contribution in [0, 0.1) is 5.41 Å². The zero-order valence-corrected chi connectivity index (χ0v) is 7.21. The Morgan fingerprint density at radius 1 is 1.27 bits per heavy atom. The molecule has 1 amide bonds. The number of nitrogens with zero attached hydrogens (tertiary/aromatic N) is 1. The highest BCUT2D eigenvalue weighted by molar-refractivity contribution is 6.00. The first-order valence-electron chi connectivity index (χ1n) is 3.25. The van der Waals surface area contributed by atoms with Crippen LogP contribution >= 0.6 is 0 Å². The fourth-order valence-electron chi connectivity index (χ4n) is 0.650. The molecule has 0 spiro atoms. The van der Waals surface area contributed by atoms with Gasteiger partial charge in [-0.15, -0.1) is 0 Å². The fourth-order valence-corrected chi connectivity index (χ4v) is 0.650. The normalized spacial score (nSPS) is 10.9. The maximum absolute atomic E-state index is 11.2. The number of carbonyl (C=O) groups excluding carboxylic acids is 1. The summed E-state index contributed by atoms with van der Waals surface area (Å²) in [6.45, 7) is 2.77. The van der Waals surface area contributed by atoms with Crippen molar-refractivity contribution >= 4 is 11.9 Å². The van der Waals surface area contributed by atoms with Crippen LogP contribution in [-0.2, 0) is 9.59 Å². The zero-order valence-electron chi connectivity index (χ0n) is 7.21. The molecule has 4 nitrogen and oxygen atoms in total. The fraction of sp³-hybridized carbons (Fsp3) is 0.714. The first kappa shape index (κ1) is 9.94. The lowest BCUT2D eigenvalue weighted by Gasteiger charge is -2.22. The van der Waals surface area contributed by atoms with E-state index < -0.39 is 17.3 Å². The predicted molar refractivity (Wildman–Crippen MR) is 40.1 cm³/mol. The second-order valence-electron chi connectivity index (χ2n) is 3.13. The standard InChI is InChI=1S/C7H13NO3/c1-7(2,6(10)11)5(9)8(3)4/h1-4H3,(H,10,11). The van der Waals surface area contributed by atoms with E-state index in [1.165, 1.54) is 32.8 Å². The number of hydrogen-bond donors (Lipinski definition) is 1. The second kappa shape index (κ2) is 2.90. The van der Waals surface area contributed by atoms with E-state index in [1.807, 2.05) is 0 Å². The van der Waals surface area contributed by atoms with Crippen LogP contribution in [0.3, 0.4) is 0 Å². The lowest BCUT2D eigenvalue weighted by atomic mass is 9.92. The lowest BCUT2D eigenvalue weighted by Crippen LogP contribution is -2.41. The Balaban J connectivity index is 4.56. The number of hydrogen-bond acceptors (Lipinski definition) is 2. The molecule has 0 saturated carbocycles. The Bertz CT molecular complexity index is 184. The Morgan fingerprint density at radius 3 is 1.73 bits per heavy atom. The van der Waals surface area contributed by atoms with Crippen LogP contribution in [0.2, 0.25) is 0 Å². The van der Waals surface area contributed by atoms with Gasteiger partial charge in [0.2, 0.25) is 5.91 Å². The van der Waals surface area contributed by atoms with Crippen molar-refractivity contribution in [2.24, 2.45) is 5.41 Å². The largest absolute Gasteiger partial charge is 0.480 e. The second-order valence-corrected chi connectivity index (χ2v) is 3.13. The summed E-state index contributed by atoms with van der Waals surface area (Å²) in [5, 5.41) is 8.61. The molecule has 0 aromatic heterocycles. The minimum atomic E-state index is -1.32. The Morgan fingerprint density at radius 2 is 1.64 bits per heavy atom. The van der Waals surface area contributed by atoms with E-state index in [2.05, 4.69) is 0 Å². The van der Waals surface area contributed by atoms with E-state index in [0.29, 0.717) is 0 Å². The van der Waals surface area contributed by atoms with Crippen LogP contribution in [0.15, 0.2) is 0 Å². The molecule has 0 aliphatic heterocycles. The van der Waals surface area contributed by atoms with E-state index in [1.54, 1.807) is 0 Å². The van der Waals surface area contributed by atoms with Gasteiger partial charge in [-0.1, -0.05) is 0 Å². The molecule has 0 unspecified atom stereocenters. The molecule has 0 saturated heterocycles. The van der Waals surface area contributed by atoms with Gasteiger partial charge in [-0.05, 0) is 13.8 Å². The van der Waals surface area contributed by atoms with Crippen molar-refractivity contribution in [2.45, 2.75) is 13.8 Å². The average molecular weight is 159 g/mol. The molecule has 0 aliphatic rings. The van der Waals surface area contributed by atoms with Crippen molar-refractivity contribution in [3.8, 4) is 0 Å². The van der Waals surface area contributed by atoms with Gasteiger partial charge >= 0.3 is 5.97 Å². The van der Waals surface area contributed by atoms with E-state index in [4.69, 9.17) is 5.11 Å². The van der Waals surface area contributed by atoms with Gasteiger partial charge < -0.3 is 10.0 Å². The molecule has 0 bridgehead atoms. The molecule has 0 radical (unpaired) electrons. The number of carboxylic acid groups (broad SMARTS) is 1.